The maximum atomic E-state index is 5.75. The van der Waals surface area contributed by atoms with E-state index in [1.165, 1.54) is 37.9 Å². The highest BCUT2D eigenvalue weighted by molar-refractivity contribution is 4.93. The van der Waals surface area contributed by atoms with E-state index in [1.54, 1.807) is 0 Å². The van der Waals surface area contributed by atoms with E-state index in [0.29, 0.717) is 6.10 Å². The molecule has 0 amide bonds. The Morgan fingerprint density at radius 3 is 2.62 bits per heavy atom. The summed E-state index contributed by atoms with van der Waals surface area (Å²) in [4.78, 5) is 0. The number of rotatable bonds is 10. The number of ether oxygens (including phenoxy) is 2. The van der Waals surface area contributed by atoms with Gasteiger partial charge in [-0.15, -0.1) is 0 Å². The highest BCUT2D eigenvalue weighted by atomic mass is 16.6. The SMILES string of the molecule is CCC=C(CCCCCCC)OCC1CO1. The average molecular weight is 226 g/mol. The van der Waals surface area contributed by atoms with Crippen LogP contribution in [0.25, 0.3) is 0 Å². The molecule has 0 aliphatic carbocycles. The predicted molar refractivity (Wildman–Crippen MR) is 67.4 cm³/mol. The third-order valence-electron chi connectivity index (χ3n) is 2.82. The van der Waals surface area contributed by atoms with Crippen molar-refractivity contribution in [3.8, 4) is 0 Å². The molecule has 1 aliphatic rings. The lowest BCUT2D eigenvalue weighted by Crippen LogP contribution is -2.01. The molecule has 1 rings (SSSR count). The minimum absolute atomic E-state index is 0.375. The van der Waals surface area contributed by atoms with Crippen molar-refractivity contribution in [3.63, 3.8) is 0 Å². The molecule has 0 aromatic heterocycles. The zero-order chi connectivity index (χ0) is 11.6. The molecule has 2 nitrogen and oxygen atoms in total. The fourth-order valence-corrected chi connectivity index (χ4v) is 1.73. The maximum absolute atomic E-state index is 5.75. The van der Waals surface area contributed by atoms with Crippen LogP contribution < -0.4 is 0 Å². The van der Waals surface area contributed by atoms with E-state index in [4.69, 9.17) is 9.47 Å². The fourth-order valence-electron chi connectivity index (χ4n) is 1.73. The zero-order valence-electron chi connectivity index (χ0n) is 10.8. The lowest BCUT2D eigenvalue weighted by molar-refractivity contribution is 0.173. The third kappa shape index (κ3) is 6.89. The number of unbranched alkanes of at least 4 members (excludes halogenated alkanes) is 4. The molecule has 1 heterocycles. The molecule has 16 heavy (non-hydrogen) atoms. The van der Waals surface area contributed by atoms with Gasteiger partial charge in [-0.25, -0.2) is 0 Å². The van der Waals surface area contributed by atoms with Gasteiger partial charge >= 0.3 is 0 Å². The molecular formula is C14H26O2. The Morgan fingerprint density at radius 2 is 2.00 bits per heavy atom. The van der Waals surface area contributed by atoms with Crippen LogP contribution in [0.2, 0.25) is 0 Å². The Labute approximate surface area is 100 Å². The first kappa shape index (κ1) is 13.6. The Morgan fingerprint density at radius 1 is 1.25 bits per heavy atom. The van der Waals surface area contributed by atoms with Crippen LogP contribution >= 0.6 is 0 Å². The van der Waals surface area contributed by atoms with Crippen LogP contribution in [0.4, 0.5) is 0 Å². The van der Waals surface area contributed by atoms with Crippen LogP contribution in [0.1, 0.15) is 58.8 Å². The van der Waals surface area contributed by atoms with Crippen molar-refractivity contribution in [1.82, 2.24) is 0 Å². The van der Waals surface area contributed by atoms with Crippen LogP contribution in [0, 0.1) is 0 Å². The van der Waals surface area contributed by atoms with Crippen molar-refractivity contribution in [1.29, 1.82) is 0 Å². The lowest BCUT2D eigenvalue weighted by Gasteiger charge is -2.09. The first-order valence-electron chi connectivity index (χ1n) is 6.80. The van der Waals surface area contributed by atoms with Gasteiger partial charge in [0.2, 0.25) is 0 Å². The van der Waals surface area contributed by atoms with Gasteiger partial charge < -0.3 is 9.47 Å². The second-order valence-electron chi connectivity index (χ2n) is 4.51. The normalized spacial score (nSPS) is 19.9. The largest absolute Gasteiger partial charge is 0.495 e. The first-order valence-corrected chi connectivity index (χ1v) is 6.80. The molecule has 1 aliphatic heterocycles. The van der Waals surface area contributed by atoms with Gasteiger partial charge in [0.15, 0.2) is 0 Å². The van der Waals surface area contributed by atoms with Crippen LogP contribution in [0.5, 0.6) is 0 Å². The van der Waals surface area contributed by atoms with E-state index < -0.39 is 0 Å². The summed E-state index contributed by atoms with van der Waals surface area (Å²) in [5.41, 5.74) is 0. The number of hydrogen-bond donors (Lipinski definition) is 0. The van der Waals surface area contributed by atoms with E-state index >= 15 is 0 Å². The summed E-state index contributed by atoms with van der Waals surface area (Å²) in [7, 11) is 0. The molecule has 0 aromatic rings. The van der Waals surface area contributed by atoms with E-state index in [0.717, 1.165) is 26.1 Å². The van der Waals surface area contributed by atoms with Gasteiger partial charge in [-0.3, -0.25) is 0 Å². The van der Waals surface area contributed by atoms with Crippen molar-refractivity contribution < 1.29 is 9.47 Å². The number of allylic oxidation sites excluding steroid dienone is 2. The van der Waals surface area contributed by atoms with Crippen LogP contribution in [0.15, 0.2) is 11.8 Å². The molecule has 0 bridgehead atoms. The molecule has 0 radical (unpaired) electrons. The summed E-state index contributed by atoms with van der Waals surface area (Å²) in [6.07, 6.45) is 11.4. The molecule has 2 heteroatoms. The minimum Gasteiger partial charge on any atom is -0.495 e. The topological polar surface area (TPSA) is 21.8 Å². The Bertz CT molecular complexity index is 195. The average Bonchev–Trinajstić information content (AvgIpc) is 3.09. The smallest absolute Gasteiger partial charge is 0.116 e. The van der Waals surface area contributed by atoms with E-state index in [-0.39, 0.29) is 0 Å². The number of hydrogen-bond acceptors (Lipinski definition) is 2. The van der Waals surface area contributed by atoms with Gasteiger partial charge in [-0.1, -0.05) is 39.5 Å². The lowest BCUT2D eigenvalue weighted by atomic mass is 10.1. The highest BCUT2D eigenvalue weighted by Gasteiger charge is 2.23. The Balaban J connectivity index is 2.04. The van der Waals surface area contributed by atoms with Crippen LogP contribution in [-0.2, 0) is 9.47 Å². The van der Waals surface area contributed by atoms with Crippen molar-refractivity contribution in [3.05, 3.63) is 11.8 Å². The molecule has 0 aromatic carbocycles. The molecular weight excluding hydrogens is 200 g/mol. The molecule has 0 saturated carbocycles. The monoisotopic (exact) mass is 226 g/mol. The fraction of sp³-hybridized carbons (Fsp3) is 0.857. The van der Waals surface area contributed by atoms with Crippen LogP contribution in [0.3, 0.4) is 0 Å². The summed E-state index contributed by atoms with van der Waals surface area (Å²) in [5, 5.41) is 0. The van der Waals surface area contributed by atoms with Gasteiger partial charge in [0.05, 0.1) is 12.4 Å². The molecule has 1 fully saturated rings. The summed E-state index contributed by atoms with van der Waals surface area (Å²) in [6.45, 7) is 6.05. The van der Waals surface area contributed by atoms with Crippen molar-refractivity contribution >= 4 is 0 Å². The van der Waals surface area contributed by atoms with Gasteiger partial charge in [0, 0.05) is 6.42 Å². The van der Waals surface area contributed by atoms with Gasteiger partial charge in [-0.2, -0.15) is 0 Å². The maximum Gasteiger partial charge on any atom is 0.116 e. The standard InChI is InChI=1S/C14H26O2/c1-3-5-6-7-8-10-13(9-4-2)15-11-14-12-16-14/h9,14H,3-8,10-12H2,1-2H3. The Hall–Kier alpha value is -0.500. The number of epoxide rings is 1. The minimum atomic E-state index is 0.375. The van der Waals surface area contributed by atoms with Crippen molar-refractivity contribution in [2.24, 2.45) is 0 Å². The summed E-state index contributed by atoms with van der Waals surface area (Å²) < 4.78 is 10.9. The first-order chi connectivity index (χ1) is 7.86. The molecule has 1 atom stereocenters. The van der Waals surface area contributed by atoms with Crippen molar-refractivity contribution in [2.75, 3.05) is 13.2 Å². The van der Waals surface area contributed by atoms with E-state index in [9.17, 15) is 0 Å². The second kappa shape index (κ2) is 8.63. The Kier molecular flexibility index (Phi) is 7.32. The molecule has 1 saturated heterocycles. The summed E-state index contributed by atoms with van der Waals surface area (Å²) in [6, 6.07) is 0. The van der Waals surface area contributed by atoms with Gasteiger partial charge in [0.25, 0.3) is 0 Å². The van der Waals surface area contributed by atoms with Crippen LogP contribution in [-0.4, -0.2) is 19.3 Å². The zero-order valence-corrected chi connectivity index (χ0v) is 10.8. The van der Waals surface area contributed by atoms with E-state index in [1.807, 2.05) is 0 Å². The summed E-state index contributed by atoms with van der Waals surface area (Å²) in [5.74, 6) is 1.18. The predicted octanol–water partition coefficient (Wildman–Crippen LogP) is 4.06. The van der Waals surface area contributed by atoms with Gasteiger partial charge in [0.1, 0.15) is 12.7 Å². The van der Waals surface area contributed by atoms with Gasteiger partial charge in [-0.05, 0) is 18.9 Å². The molecule has 94 valence electrons. The molecule has 0 N–H and O–H groups in total. The third-order valence-corrected chi connectivity index (χ3v) is 2.82. The highest BCUT2D eigenvalue weighted by Crippen LogP contribution is 2.16. The van der Waals surface area contributed by atoms with Crippen molar-refractivity contribution in [2.45, 2.75) is 64.9 Å². The second-order valence-corrected chi connectivity index (χ2v) is 4.51. The molecule has 0 spiro atoms. The quantitative estimate of drug-likeness (QED) is 0.318. The summed E-state index contributed by atoms with van der Waals surface area (Å²) >= 11 is 0. The molecule has 1 unspecified atom stereocenters. The van der Waals surface area contributed by atoms with E-state index in [2.05, 4.69) is 19.9 Å².